The van der Waals surface area contributed by atoms with Gasteiger partial charge in [-0.2, -0.15) is 0 Å². The highest BCUT2D eigenvalue weighted by Gasteiger charge is 2.25. The van der Waals surface area contributed by atoms with Crippen molar-refractivity contribution in [3.8, 4) is 0 Å². The molecule has 0 aliphatic carbocycles. The molecule has 1 radical (unpaired) electrons. The molecule has 1 aliphatic rings. The molecule has 9 heavy (non-hydrogen) atoms. The topological polar surface area (TPSA) is 21.3 Å². The summed E-state index contributed by atoms with van der Waals surface area (Å²) in [6, 6.07) is 0. The van der Waals surface area contributed by atoms with Crippen LogP contribution in [0.5, 0.6) is 0 Å². The normalized spacial score (nSPS) is 26.0. The highest BCUT2D eigenvalue weighted by Crippen LogP contribution is 2.19. The molecular formula is C7H14NO. The van der Waals surface area contributed by atoms with Gasteiger partial charge in [0.2, 0.25) is 0 Å². The Hall–Kier alpha value is -0.0800. The minimum atomic E-state index is -0.0920. The van der Waals surface area contributed by atoms with Crippen molar-refractivity contribution in [2.75, 3.05) is 20.2 Å². The average Bonchev–Trinajstić information content (AvgIpc) is 1.90. The van der Waals surface area contributed by atoms with Gasteiger partial charge in [0, 0.05) is 7.11 Å². The Bertz CT molecular complexity index is 86.9. The predicted octanol–water partition coefficient (Wildman–Crippen LogP) is 0.589. The van der Waals surface area contributed by atoms with Gasteiger partial charge < -0.3 is 10.1 Å². The minimum absolute atomic E-state index is 0.0920. The van der Waals surface area contributed by atoms with E-state index in [0.29, 0.717) is 0 Å². The Labute approximate surface area is 56.6 Å². The van der Waals surface area contributed by atoms with Crippen LogP contribution in [0.15, 0.2) is 0 Å². The van der Waals surface area contributed by atoms with Crippen molar-refractivity contribution in [1.82, 2.24) is 5.32 Å². The highest BCUT2D eigenvalue weighted by atomic mass is 16.5. The fourth-order valence-corrected chi connectivity index (χ4v) is 1.09. The first-order valence-corrected chi connectivity index (χ1v) is 3.38. The standard InChI is InChI=1S/C7H14NO/c1-7(9-2)3-5-8-6-4-7/h8H,1,3-6H2,2H3. The van der Waals surface area contributed by atoms with Crippen LogP contribution < -0.4 is 5.32 Å². The lowest BCUT2D eigenvalue weighted by atomic mass is 9.95. The van der Waals surface area contributed by atoms with Gasteiger partial charge in [0.1, 0.15) is 0 Å². The summed E-state index contributed by atoms with van der Waals surface area (Å²) < 4.78 is 5.23. The van der Waals surface area contributed by atoms with Gasteiger partial charge >= 0.3 is 0 Å². The third-order valence-corrected chi connectivity index (χ3v) is 1.95. The van der Waals surface area contributed by atoms with Crippen LogP contribution in [0.25, 0.3) is 0 Å². The van der Waals surface area contributed by atoms with Crippen LogP contribution in [0.2, 0.25) is 0 Å². The molecule has 0 saturated carbocycles. The van der Waals surface area contributed by atoms with E-state index in [1.54, 1.807) is 7.11 Å². The third kappa shape index (κ3) is 1.66. The van der Waals surface area contributed by atoms with Crippen LogP contribution in [-0.4, -0.2) is 25.8 Å². The summed E-state index contributed by atoms with van der Waals surface area (Å²) in [5, 5.41) is 3.25. The van der Waals surface area contributed by atoms with Crippen LogP contribution >= 0.6 is 0 Å². The molecule has 0 amide bonds. The second-order valence-electron chi connectivity index (χ2n) is 2.64. The lowest BCUT2D eigenvalue weighted by Crippen LogP contribution is -2.41. The fourth-order valence-electron chi connectivity index (χ4n) is 1.09. The number of hydrogen-bond acceptors (Lipinski definition) is 2. The first-order valence-electron chi connectivity index (χ1n) is 3.38. The number of hydrogen-bond donors (Lipinski definition) is 1. The fraction of sp³-hybridized carbons (Fsp3) is 0.857. The highest BCUT2D eigenvalue weighted by molar-refractivity contribution is 4.87. The molecule has 0 aromatic heterocycles. The number of piperidine rings is 1. The molecule has 1 heterocycles. The smallest absolute Gasteiger partial charge is 0.0704 e. The Morgan fingerprint density at radius 1 is 1.44 bits per heavy atom. The lowest BCUT2D eigenvalue weighted by molar-refractivity contribution is 0.00493. The van der Waals surface area contributed by atoms with E-state index >= 15 is 0 Å². The van der Waals surface area contributed by atoms with Gasteiger partial charge in [-0.25, -0.2) is 0 Å². The van der Waals surface area contributed by atoms with Crippen LogP contribution in [0.1, 0.15) is 12.8 Å². The molecule has 1 N–H and O–H groups in total. The SMILES string of the molecule is [CH2]C1(OC)CCNCC1. The van der Waals surface area contributed by atoms with Crippen LogP contribution in [0, 0.1) is 6.92 Å². The molecular weight excluding hydrogens is 114 g/mol. The molecule has 0 aromatic rings. The summed E-state index contributed by atoms with van der Waals surface area (Å²) >= 11 is 0. The predicted molar refractivity (Wildman–Crippen MR) is 37.2 cm³/mol. The van der Waals surface area contributed by atoms with Crippen LogP contribution in [0.3, 0.4) is 0 Å². The van der Waals surface area contributed by atoms with Crippen molar-refractivity contribution in [1.29, 1.82) is 0 Å². The van der Waals surface area contributed by atoms with Crippen molar-refractivity contribution in [2.24, 2.45) is 0 Å². The zero-order valence-electron chi connectivity index (χ0n) is 5.94. The first-order chi connectivity index (χ1) is 4.27. The molecule has 1 rings (SSSR count). The van der Waals surface area contributed by atoms with E-state index in [-0.39, 0.29) is 5.60 Å². The molecule has 0 aromatic carbocycles. The van der Waals surface area contributed by atoms with E-state index in [1.165, 1.54) is 0 Å². The summed E-state index contributed by atoms with van der Waals surface area (Å²) in [6.45, 7) is 6.06. The van der Waals surface area contributed by atoms with Crippen molar-refractivity contribution < 1.29 is 4.74 Å². The van der Waals surface area contributed by atoms with Gasteiger partial charge in [-0.1, -0.05) is 0 Å². The van der Waals surface area contributed by atoms with Crippen molar-refractivity contribution in [3.63, 3.8) is 0 Å². The summed E-state index contributed by atoms with van der Waals surface area (Å²) in [5.74, 6) is 0. The monoisotopic (exact) mass is 128 g/mol. The second kappa shape index (κ2) is 2.67. The number of rotatable bonds is 1. The van der Waals surface area contributed by atoms with Crippen LogP contribution in [0.4, 0.5) is 0 Å². The van der Waals surface area contributed by atoms with Crippen molar-refractivity contribution in [2.45, 2.75) is 18.4 Å². The van der Waals surface area contributed by atoms with E-state index in [4.69, 9.17) is 4.74 Å². The van der Waals surface area contributed by atoms with Gasteiger partial charge in [0.05, 0.1) is 5.60 Å². The molecule has 0 atom stereocenters. The Balaban J connectivity index is 2.37. The summed E-state index contributed by atoms with van der Waals surface area (Å²) in [7, 11) is 1.73. The molecule has 2 heteroatoms. The average molecular weight is 128 g/mol. The second-order valence-corrected chi connectivity index (χ2v) is 2.64. The third-order valence-electron chi connectivity index (χ3n) is 1.95. The molecule has 2 nitrogen and oxygen atoms in total. The zero-order chi connectivity index (χ0) is 6.74. The maximum Gasteiger partial charge on any atom is 0.0704 e. The van der Waals surface area contributed by atoms with E-state index < -0.39 is 0 Å². The Kier molecular flexibility index (Phi) is 2.09. The van der Waals surface area contributed by atoms with Crippen molar-refractivity contribution in [3.05, 3.63) is 6.92 Å². The van der Waals surface area contributed by atoms with Gasteiger partial charge in [-0.05, 0) is 32.9 Å². The van der Waals surface area contributed by atoms with E-state index in [9.17, 15) is 0 Å². The maximum atomic E-state index is 5.23. The van der Waals surface area contributed by atoms with Crippen molar-refractivity contribution >= 4 is 0 Å². The van der Waals surface area contributed by atoms with E-state index in [0.717, 1.165) is 25.9 Å². The summed E-state index contributed by atoms with van der Waals surface area (Å²) in [5.41, 5.74) is -0.0920. The number of methoxy groups -OCH3 is 1. The van der Waals surface area contributed by atoms with Gasteiger partial charge in [-0.15, -0.1) is 0 Å². The maximum absolute atomic E-state index is 5.23. The Morgan fingerprint density at radius 2 is 2.00 bits per heavy atom. The van der Waals surface area contributed by atoms with E-state index in [2.05, 4.69) is 12.2 Å². The summed E-state index contributed by atoms with van der Waals surface area (Å²) in [6.07, 6.45) is 2.06. The molecule has 1 saturated heterocycles. The summed E-state index contributed by atoms with van der Waals surface area (Å²) in [4.78, 5) is 0. The van der Waals surface area contributed by atoms with Gasteiger partial charge in [0.15, 0.2) is 0 Å². The lowest BCUT2D eigenvalue weighted by Gasteiger charge is -2.32. The van der Waals surface area contributed by atoms with Gasteiger partial charge in [-0.3, -0.25) is 0 Å². The number of nitrogens with one attached hydrogen (secondary N) is 1. The van der Waals surface area contributed by atoms with E-state index in [1.807, 2.05) is 0 Å². The first kappa shape index (κ1) is 7.03. The molecule has 53 valence electrons. The molecule has 0 bridgehead atoms. The molecule has 1 fully saturated rings. The van der Waals surface area contributed by atoms with Crippen LogP contribution in [-0.2, 0) is 4.74 Å². The quantitative estimate of drug-likeness (QED) is 0.558. The number of ether oxygens (including phenoxy) is 1. The molecule has 0 spiro atoms. The molecule has 0 unspecified atom stereocenters. The Morgan fingerprint density at radius 3 is 2.33 bits per heavy atom. The van der Waals surface area contributed by atoms with Gasteiger partial charge in [0.25, 0.3) is 0 Å². The largest absolute Gasteiger partial charge is 0.378 e. The minimum Gasteiger partial charge on any atom is -0.378 e. The zero-order valence-corrected chi connectivity index (χ0v) is 5.94. The molecule has 1 aliphatic heterocycles.